The molecule has 0 saturated carbocycles. The van der Waals surface area contributed by atoms with Gasteiger partial charge in [0, 0.05) is 16.5 Å². The van der Waals surface area contributed by atoms with E-state index >= 15 is 0 Å². The first-order chi connectivity index (χ1) is 8.32. The third-order valence-corrected chi connectivity index (χ3v) is 3.79. The highest BCUT2D eigenvalue weighted by Gasteiger charge is 2.41. The van der Waals surface area contributed by atoms with Crippen molar-refractivity contribution in [2.75, 3.05) is 0 Å². The van der Waals surface area contributed by atoms with Crippen LogP contribution in [0.15, 0.2) is 23.1 Å². The van der Waals surface area contributed by atoms with Crippen molar-refractivity contribution >= 4 is 39.7 Å². The number of thioether (sulfide) groups is 1. The van der Waals surface area contributed by atoms with Gasteiger partial charge in [0.25, 0.3) is 5.12 Å². The predicted molar refractivity (Wildman–Crippen MR) is 67.2 cm³/mol. The molecule has 0 radical (unpaired) electrons. The van der Waals surface area contributed by atoms with Crippen molar-refractivity contribution in [1.29, 1.82) is 0 Å². The van der Waals surface area contributed by atoms with Crippen LogP contribution in [0.25, 0.3) is 0 Å². The number of hydrogen-bond acceptors (Lipinski definition) is 5. The van der Waals surface area contributed by atoms with E-state index in [-0.39, 0.29) is 5.75 Å². The van der Waals surface area contributed by atoms with E-state index in [0.717, 1.165) is 17.3 Å². The Hall–Kier alpha value is -1.33. The maximum Gasteiger partial charge on any atom is 0.409 e. The summed E-state index contributed by atoms with van der Waals surface area (Å²) in [6, 6.07) is 4.75. The van der Waals surface area contributed by atoms with Gasteiger partial charge < -0.3 is 4.74 Å². The molecule has 0 fully saturated rings. The summed E-state index contributed by atoms with van der Waals surface area (Å²) >= 11 is 5.96. The molecule has 1 aromatic carbocycles. The zero-order chi connectivity index (χ0) is 13.5. The molecule has 0 amide bonds. The van der Waals surface area contributed by atoms with Crippen LogP contribution < -0.4 is 4.74 Å². The van der Waals surface area contributed by atoms with Crippen molar-refractivity contribution in [3.63, 3.8) is 0 Å². The number of carbonyl (C=O) groups excluding carboxylic acids is 3. The molecule has 4 nitrogen and oxygen atoms in total. The minimum absolute atomic E-state index is 0.249. The molecule has 0 N–H and O–H groups in total. The number of benzene rings is 1. The van der Waals surface area contributed by atoms with Gasteiger partial charge in [-0.3, -0.25) is 9.59 Å². The van der Waals surface area contributed by atoms with Crippen LogP contribution in [0.4, 0.5) is 4.79 Å². The zero-order valence-corrected chi connectivity index (χ0v) is 11.2. The van der Waals surface area contributed by atoms with Crippen LogP contribution in [0.5, 0.6) is 5.75 Å². The molecule has 0 aliphatic carbocycles. The van der Waals surface area contributed by atoms with E-state index in [1.54, 1.807) is 26.0 Å². The molecule has 18 heavy (non-hydrogen) atoms. The maximum atomic E-state index is 11.8. The summed E-state index contributed by atoms with van der Waals surface area (Å²) in [7, 11) is 0. The summed E-state index contributed by atoms with van der Waals surface area (Å²) in [5.74, 6) is -0.179. The van der Waals surface area contributed by atoms with Gasteiger partial charge in [-0.15, -0.1) is 0 Å². The fourth-order valence-electron chi connectivity index (χ4n) is 1.78. The van der Waals surface area contributed by atoms with Gasteiger partial charge in [0.15, 0.2) is 0 Å². The van der Waals surface area contributed by atoms with Gasteiger partial charge in [0.05, 0.1) is 5.41 Å². The lowest BCUT2D eigenvalue weighted by Crippen LogP contribution is -2.37. The van der Waals surface area contributed by atoms with Crippen molar-refractivity contribution in [2.45, 2.75) is 24.2 Å². The molecule has 0 aromatic heterocycles. The van der Waals surface area contributed by atoms with Gasteiger partial charge in [-0.25, -0.2) is 4.79 Å². The Bertz CT molecular complexity index is 565. The molecule has 0 unspecified atom stereocenters. The van der Waals surface area contributed by atoms with Crippen LogP contribution in [0.2, 0.25) is 0 Å². The average Bonchev–Trinajstić information content (AvgIpc) is 2.25. The standard InChI is InChI=1S/C12H9ClO4S/c1-12(2)7-4-3-6(17-11(13)16)5-8(7)18-10(15)9(12)14/h3-5H,1-2H3. The highest BCUT2D eigenvalue weighted by atomic mass is 35.5. The van der Waals surface area contributed by atoms with Gasteiger partial charge in [0.1, 0.15) is 5.75 Å². The monoisotopic (exact) mass is 284 g/mol. The number of ether oxygens (including phenoxy) is 1. The third-order valence-electron chi connectivity index (χ3n) is 2.78. The van der Waals surface area contributed by atoms with Crippen molar-refractivity contribution < 1.29 is 19.1 Å². The molecule has 0 bridgehead atoms. The van der Waals surface area contributed by atoms with Crippen molar-refractivity contribution in [3.05, 3.63) is 23.8 Å². The summed E-state index contributed by atoms with van der Waals surface area (Å²) in [6.45, 7) is 3.39. The number of fused-ring (bicyclic) bond motifs is 1. The molecule has 0 saturated heterocycles. The number of Topliss-reactive ketones (excluding diaryl/α,β-unsaturated/α-hetero) is 1. The number of ketones is 1. The Morgan fingerprint density at radius 3 is 2.61 bits per heavy atom. The number of rotatable bonds is 1. The summed E-state index contributed by atoms with van der Waals surface area (Å²) in [6.07, 6.45) is 0. The lowest BCUT2D eigenvalue weighted by Gasteiger charge is -2.29. The molecule has 94 valence electrons. The number of halogens is 1. The highest BCUT2D eigenvalue weighted by molar-refractivity contribution is 8.15. The molecule has 1 aliphatic rings. The summed E-state index contributed by atoms with van der Waals surface area (Å²) in [4.78, 5) is 34.6. The summed E-state index contributed by atoms with van der Waals surface area (Å²) in [5, 5.41) is -0.512. The molecule has 0 atom stereocenters. The van der Waals surface area contributed by atoms with Crippen LogP contribution in [0.3, 0.4) is 0 Å². The van der Waals surface area contributed by atoms with E-state index in [1.807, 2.05) is 0 Å². The van der Waals surface area contributed by atoms with E-state index in [0.29, 0.717) is 4.90 Å². The van der Waals surface area contributed by atoms with Crippen LogP contribution in [-0.2, 0) is 15.0 Å². The van der Waals surface area contributed by atoms with E-state index in [9.17, 15) is 14.4 Å². The predicted octanol–water partition coefficient (Wildman–Crippen LogP) is 2.90. The molecule has 6 heteroatoms. The fourth-order valence-corrected chi connectivity index (χ4v) is 3.03. The van der Waals surface area contributed by atoms with Crippen molar-refractivity contribution in [1.82, 2.24) is 0 Å². The van der Waals surface area contributed by atoms with Crippen LogP contribution in [0.1, 0.15) is 19.4 Å². The number of hydrogen-bond donors (Lipinski definition) is 0. The normalized spacial score (nSPS) is 17.3. The summed E-state index contributed by atoms with van der Waals surface area (Å²) in [5.41, 5.74) is -1.06. The van der Waals surface area contributed by atoms with E-state index in [1.165, 1.54) is 6.07 Å². The topological polar surface area (TPSA) is 60.4 Å². The molecule has 0 spiro atoms. The van der Waals surface area contributed by atoms with Crippen molar-refractivity contribution in [2.24, 2.45) is 0 Å². The largest absolute Gasteiger partial charge is 0.414 e. The maximum absolute atomic E-state index is 11.8. The Kier molecular flexibility index (Phi) is 3.21. The SMILES string of the molecule is CC1(C)C(=O)C(=O)Sc2cc(OC(=O)Cl)ccc21. The van der Waals surface area contributed by atoms with Gasteiger partial charge in [-0.1, -0.05) is 6.07 Å². The van der Waals surface area contributed by atoms with Gasteiger partial charge >= 0.3 is 5.43 Å². The van der Waals surface area contributed by atoms with E-state index in [2.05, 4.69) is 0 Å². The zero-order valence-electron chi connectivity index (χ0n) is 9.65. The second-order valence-corrected chi connectivity index (χ2v) is 5.66. The van der Waals surface area contributed by atoms with E-state index in [4.69, 9.17) is 16.3 Å². The minimum atomic E-state index is -0.947. The highest BCUT2D eigenvalue weighted by Crippen LogP contribution is 2.41. The van der Waals surface area contributed by atoms with Crippen molar-refractivity contribution in [3.8, 4) is 5.75 Å². The molecular weight excluding hydrogens is 276 g/mol. The van der Waals surface area contributed by atoms with Crippen LogP contribution >= 0.6 is 23.4 Å². The molecule has 1 aliphatic heterocycles. The Labute approximate surface area is 113 Å². The molecule has 1 heterocycles. The lowest BCUT2D eigenvalue weighted by atomic mass is 9.80. The summed E-state index contributed by atoms with van der Waals surface area (Å²) < 4.78 is 4.73. The smallest absolute Gasteiger partial charge is 0.409 e. The average molecular weight is 285 g/mol. The van der Waals surface area contributed by atoms with Gasteiger partial charge in [-0.05, 0) is 43.3 Å². The first-order valence-corrected chi connectivity index (χ1v) is 6.30. The van der Waals surface area contributed by atoms with Crippen LogP contribution in [-0.4, -0.2) is 16.3 Å². The number of carbonyl (C=O) groups is 3. The second-order valence-electron chi connectivity index (χ2n) is 4.34. The Morgan fingerprint density at radius 2 is 2.00 bits per heavy atom. The minimum Gasteiger partial charge on any atom is -0.414 e. The first-order valence-electron chi connectivity index (χ1n) is 5.11. The van der Waals surface area contributed by atoms with Crippen LogP contribution in [0, 0.1) is 0 Å². The lowest BCUT2D eigenvalue weighted by molar-refractivity contribution is -0.135. The quantitative estimate of drug-likeness (QED) is 0.586. The van der Waals surface area contributed by atoms with Gasteiger partial charge in [-0.2, -0.15) is 0 Å². The third kappa shape index (κ3) is 2.15. The molecular formula is C12H9ClO4S. The molecule has 2 rings (SSSR count). The fraction of sp³-hybridized carbons (Fsp3) is 0.250. The van der Waals surface area contributed by atoms with E-state index < -0.39 is 21.7 Å². The Balaban J connectivity index is 2.49. The Morgan fingerprint density at radius 1 is 1.33 bits per heavy atom. The molecule has 1 aromatic rings. The van der Waals surface area contributed by atoms with Gasteiger partial charge in [0.2, 0.25) is 5.78 Å². The first kappa shape index (κ1) is 13.1. The second kappa shape index (κ2) is 4.40.